The van der Waals surface area contributed by atoms with Crippen molar-refractivity contribution in [3.63, 3.8) is 0 Å². The van der Waals surface area contributed by atoms with E-state index < -0.39 is 18.0 Å². The molecule has 0 saturated heterocycles. The number of amides is 3. The maximum atomic E-state index is 11.4. The fourth-order valence-electron chi connectivity index (χ4n) is 1.11. The van der Waals surface area contributed by atoms with Gasteiger partial charge in [0.25, 0.3) is 0 Å². The van der Waals surface area contributed by atoms with E-state index in [9.17, 15) is 9.59 Å². The molecule has 1 aromatic rings. The van der Waals surface area contributed by atoms with Gasteiger partial charge in [-0.1, -0.05) is 23.7 Å². The van der Waals surface area contributed by atoms with Crippen molar-refractivity contribution < 1.29 is 9.59 Å². The summed E-state index contributed by atoms with van der Waals surface area (Å²) in [6.07, 6.45) is 0. The highest BCUT2D eigenvalue weighted by atomic mass is 35.5. The molecule has 3 amide bonds. The first-order valence-electron chi connectivity index (χ1n) is 4.62. The van der Waals surface area contributed by atoms with Gasteiger partial charge in [-0.2, -0.15) is 0 Å². The molecule has 16 heavy (non-hydrogen) atoms. The lowest BCUT2D eigenvalue weighted by molar-refractivity contribution is -0.120. The molecule has 0 spiro atoms. The Morgan fingerprint density at radius 3 is 2.56 bits per heavy atom. The molecule has 4 N–H and O–H groups in total. The SMILES string of the molecule is CC(Nc1ccccc1Cl)C(=O)NC(N)=O. The number of primary amides is 1. The van der Waals surface area contributed by atoms with Crippen LogP contribution in [0.4, 0.5) is 10.5 Å². The standard InChI is InChI=1S/C10H12ClN3O2/c1-6(9(15)14-10(12)16)13-8-5-3-2-4-7(8)11/h2-6,13H,1H3,(H3,12,14,15,16). The maximum absolute atomic E-state index is 11.4. The highest BCUT2D eigenvalue weighted by Crippen LogP contribution is 2.20. The van der Waals surface area contributed by atoms with Crippen molar-refractivity contribution >= 4 is 29.2 Å². The van der Waals surface area contributed by atoms with Crippen LogP contribution in [0.15, 0.2) is 24.3 Å². The molecule has 1 aromatic carbocycles. The van der Waals surface area contributed by atoms with Gasteiger partial charge in [0.15, 0.2) is 0 Å². The van der Waals surface area contributed by atoms with Gasteiger partial charge in [0, 0.05) is 0 Å². The first-order valence-corrected chi connectivity index (χ1v) is 5.00. The van der Waals surface area contributed by atoms with Gasteiger partial charge < -0.3 is 11.1 Å². The number of rotatable bonds is 3. The largest absolute Gasteiger partial charge is 0.373 e. The second-order valence-electron chi connectivity index (χ2n) is 3.20. The Morgan fingerprint density at radius 1 is 1.38 bits per heavy atom. The van der Waals surface area contributed by atoms with E-state index >= 15 is 0 Å². The lowest BCUT2D eigenvalue weighted by Crippen LogP contribution is -2.43. The van der Waals surface area contributed by atoms with Crippen LogP contribution in [0.2, 0.25) is 5.02 Å². The normalized spacial score (nSPS) is 11.6. The zero-order valence-electron chi connectivity index (χ0n) is 8.66. The molecule has 1 atom stereocenters. The minimum atomic E-state index is -0.877. The predicted molar refractivity (Wildman–Crippen MR) is 62.3 cm³/mol. The number of nitrogens with one attached hydrogen (secondary N) is 2. The van der Waals surface area contributed by atoms with E-state index in [4.69, 9.17) is 17.3 Å². The van der Waals surface area contributed by atoms with Crippen LogP contribution in [-0.2, 0) is 4.79 Å². The number of carbonyl (C=O) groups is 2. The molecule has 0 aliphatic rings. The van der Waals surface area contributed by atoms with Gasteiger partial charge in [-0.25, -0.2) is 4.79 Å². The number of urea groups is 1. The molecule has 0 aliphatic carbocycles. The van der Waals surface area contributed by atoms with Gasteiger partial charge in [0.05, 0.1) is 10.7 Å². The molecule has 6 heteroatoms. The number of anilines is 1. The molecule has 0 radical (unpaired) electrons. The summed E-state index contributed by atoms with van der Waals surface area (Å²) in [5.41, 5.74) is 5.45. The number of benzene rings is 1. The summed E-state index contributed by atoms with van der Waals surface area (Å²) in [6.45, 7) is 1.60. The zero-order chi connectivity index (χ0) is 12.1. The molecule has 0 heterocycles. The Labute approximate surface area is 98.0 Å². The van der Waals surface area contributed by atoms with Crippen molar-refractivity contribution in [2.24, 2.45) is 5.73 Å². The van der Waals surface area contributed by atoms with Crippen LogP contribution in [0.1, 0.15) is 6.92 Å². The van der Waals surface area contributed by atoms with Gasteiger partial charge in [0.2, 0.25) is 5.91 Å². The maximum Gasteiger partial charge on any atom is 0.318 e. The highest BCUT2D eigenvalue weighted by Gasteiger charge is 2.14. The summed E-state index contributed by atoms with van der Waals surface area (Å²) in [5.74, 6) is -0.507. The Morgan fingerprint density at radius 2 is 2.00 bits per heavy atom. The number of hydrogen-bond donors (Lipinski definition) is 3. The van der Waals surface area contributed by atoms with E-state index in [-0.39, 0.29) is 0 Å². The lowest BCUT2D eigenvalue weighted by Gasteiger charge is -2.14. The van der Waals surface area contributed by atoms with Crippen molar-refractivity contribution in [1.29, 1.82) is 0 Å². The lowest BCUT2D eigenvalue weighted by atomic mass is 10.2. The smallest absolute Gasteiger partial charge is 0.318 e. The molecule has 0 aliphatic heterocycles. The van der Waals surface area contributed by atoms with E-state index in [0.717, 1.165) is 0 Å². The third-order valence-electron chi connectivity index (χ3n) is 1.89. The van der Waals surface area contributed by atoms with Gasteiger partial charge in [-0.15, -0.1) is 0 Å². The summed E-state index contributed by atoms with van der Waals surface area (Å²) in [6, 6.07) is 5.51. The summed E-state index contributed by atoms with van der Waals surface area (Å²) >= 11 is 5.89. The van der Waals surface area contributed by atoms with Crippen molar-refractivity contribution in [3.8, 4) is 0 Å². The number of carbonyl (C=O) groups excluding carboxylic acids is 2. The molecule has 0 saturated carbocycles. The number of para-hydroxylation sites is 1. The quantitative estimate of drug-likeness (QED) is 0.747. The molecular formula is C10H12ClN3O2. The summed E-state index contributed by atoms with van der Waals surface area (Å²) in [7, 11) is 0. The van der Waals surface area contributed by atoms with Crippen LogP contribution in [-0.4, -0.2) is 18.0 Å². The first kappa shape index (κ1) is 12.3. The predicted octanol–water partition coefficient (Wildman–Crippen LogP) is 1.34. The topological polar surface area (TPSA) is 84.2 Å². The minimum absolute atomic E-state index is 0.501. The first-order chi connectivity index (χ1) is 7.50. The molecule has 0 fully saturated rings. The molecule has 1 unspecified atom stereocenters. The minimum Gasteiger partial charge on any atom is -0.373 e. The second kappa shape index (κ2) is 5.37. The average Bonchev–Trinajstić information content (AvgIpc) is 2.20. The van der Waals surface area contributed by atoms with Crippen LogP contribution < -0.4 is 16.4 Å². The van der Waals surface area contributed by atoms with Crippen LogP contribution in [0, 0.1) is 0 Å². The van der Waals surface area contributed by atoms with Crippen molar-refractivity contribution in [2.75, 3.05) is 5.32 Å². The highest BCUT2D eigenvalue weighted by molar-refractivity contribution is 6.33. The molecular weight excluding hydrogens is 230 g/mol. The third kappa shape index (κ3) is 3.43. The molecule has 0 bridgehead atoms. The monoisotopic (exact) mass is 241 g/mol. The van der Waals surface area contributed by atoms with Gasteiger partial charge in [-0.05, 0) is 19.1 Å². The zero-order valence-corrected chi connectivity index (χ0v) is 9.41. The van der Waals surface area contributed by atoms with Crippen molar-refractivity contribution in [2.45, 2.75) is 13.0 Å². The van der Waals surface area contributed by atoms with E-state index in [0.29, 0.717) is 10.7 Å². The summed E-state index contributed by atoms with van der Waals surface area (Å²) < 4.78 is 0. The number of hydrogen-bond acceptors (Lipinski definition) is 3. The Balaban J connectivity index is 2.64. The van der Waals surface area contributed by atoms with Gasteiger partial charge >= 0.3 is 6.03 Å². The number of halogens is 1. The van der Waals surface area contributed by atoms with E-state index in [2.05, 4.69) is 5.32 Å². The van der Waals surface area contributed by atoms with Crippen LogP contribution in [0.5, 0.6) is 0 Å². The van der Waals surface area contributed by atoms with Crippen molar-refractivity contribution in [3.05, 3.63) is 29.3 Å². The molecule has 0 aromatic heterocycles. The Bertz CT molecular complexity index is 409. The number of imide groups is 1. The fourth-order valence-corrected chi connectivity index (χ4v) is 1.30. The van der Waals surface area contributed by atoms with Crippen LogP contribution in [0.25, 0.3) is 0 Å². The molecule has 1 rings (SSSR count). The molecule has 5 nitrogen and oxygen atoms in total. The van der Waals surface area contributed by atoms with Gasteiger partial charge in [0.1, 0.15) is 6.04 Å². The van der Waals surface area contributed by atoms with E-state index in [1.165, 1.54) is 0 Å². The Hall–Kier alpha value is -1.75. The molecule has 86 valence electrons. The average molecular weight is 242 g/mol. The van der Waals surface area contributed by atoms with Crippen molar-refractivity contribution in [1.82, 2.24) is 5.32 Å². The van der Waals surface area contributed by atoms with Gasteiger partial charge in [-0.3, -0.25) is 10.1 Å². The third-order valence-corrected chi connectivity index (χ3v) is 2.22. The second-order valence-corrected chi connectivity index (χ2v) is 3.61. The summed E-state index contributed by atoms with van der Waals surface area (Å²) in [5, 5.41) is 5.34. The van der Waals surface area contributed by atoms with E-state index in [1.807, 2.05) is 5.32 Å². The van der Waals surface area contributed by atoms with E-state index in [1.54, 1.807) is 31.2 Å². The fraction of sp³-hybridized carbons (Fsp3) is 0.200. The Kier molecular flexibility index (Phi) is 4.13. The number of nitrogens with two attached hydrogens (primary N) is 1. The summed E-state index contributed by atoms with van der Waals surface area (Å²) in [4.78, 5) is 21.8. The van der Waals surface area contributed by atoms with Crippen LogP contribution >= 0.6 is 11.6 Å². The van der Waals surface area contributed by atoms with Crippen LogP contribution in [0.3, 0.4) is 0 Å².